The van der Waals surface area contributed by atoms with E-state index in [1.165, 1.54) is 6.92 Å². The molecule has 0 atom stereocenters. The van der Waals surface area contributed by atoms with Crippen LogP contribution >= 0.6 is 0 Å². The van der Waals surface area contributed by atoms with Crippen molar-refractivity contribution in [3.05, 3.63) is 23.8 Å². The van der Waals surface area contributed by atoms with Crippen molar-refractivity contribution in [1.29, 1.82) is 0 Å². The van der Waals surface area contributed by atoms with Gasteiger partial charge in [0.2, 0.25) is 11.8 Å². The van der Waals surface area contributed by atoms with E-state index in [-0.39, 0.29) is 18.2 Å². The molecular formula is C14H20N2O4. The molecule has 0 aromatic heterocycles. The number of benzene rings is 1. The molecule has 0 fully saturated rings. The fourth-order valence-corrected chi connectivity index (χ4v) is 1.70. The molecular weight excluding hydrogens is 260 g/mol. The zero-order valence-electron chi connectivity index (χ0n) is 12.0. The summed E-state index contributed by atoms with van der Waals surface area (Å²) in [7, 11) is 3.12. The second-order valence-corrected chi connectivity index (χ2v) is 4.19. The number of amides is 2. The minimum Gasteiger partial charge on any atom is -0.497 e. The number of rotatable bonds is 7. The molecule has 6 heteroatoms. The van der Waals surface area contributed by atoms with Gasteiger partial charge in [0.15, 0.2) is 0 Å². The third-order valence-electron chi connectivity index (χ3n) is 2.66. The summed E-state index contributed by atoms with van der Waals surface area (Å²) in [5.74, 6) is 1.06. The van der Waals surface area contributed by atoms with Gasteiger partial charge < -0.3 is 20.1 Å². The van der Waals surface area contributed by atoms with Crippen molar-refractivity contribution >= 4 is 11.8 Å². The summed E-state index contributed by atoms with van der Waals surface area (Å²) in [5.41, 5.74) is 0.754. The van der Waals surface area contributed by atoms with Crippen molar-refractivity contribution < 1.29 is 19.1 Å². The Kier molecular flexibility index (Phi) is 6.36. The van der Waals surface area contributed by atoms with Crippen LogP contribution in [0.3, 0.4) is 0 Å². The van der Waals surface area contributed by atoms with E-state index in [0.717, 1.165) is 5.56 Å². The average Bonchev–Trinajstić information content (AvgIpc) is 2.43. The van der Waals surface area contributed by atoms with Crippen molar-refractivity contribution in [2.75, 3.05) is 27.3 Å². The Morgan fingerprint density at radius 1 is 1.10 bits per heavy atom. The molecule has 0 unspecified atom stereocenters. The molecule has 0 spiro atoms. The van der Waals surface area contributed by atoms with Crippen LogP contribution in [0, 0.1) is 0 Å². The van der Waals surface area contributed by atoms with Crippen LogP contribution < -0.4 is 20.1 Å². The first-order valence-corrected chi connectivity index (χ1v) is 6.29. The average molecular weight is 280 g/mol. The van der Waals surface area contributed by atoms with Gasteiger partial charge >= 0.3 is 0 Å². The smallest absolute Gasteiger partial charge is 0.224 e. The van der Waals surface area contributed by atoms with Crippen LogP contribution in [-0.2, 0) is 16.0 Å². The molecule has 0 saturated carbocycles. The summed E-state index contributed by atoms with van der Waals surface area (Å²) in [4.78, 5) is 22.5. The van der Waals surface area contributed by atoms with Crippen LogP contribution in [0.2, 0.25) is 0 Å². The molecule has 0 heterocycles. The Balaban J connectivity index is 2.54. The van der Waals surface area contributed by atoms with Crippen LogP contribution in [0.25, 0.3) is 0 Å². The van der Waals surface area contributed by atoms with Crippen molar-refractivity contribution in [3.8, 4) is 11.5 Å². The summed E-state index contributed by atoms with van der Waals surface area (Å²) < 4.78 is 10.3. The van der Waals surface area contributed by atoms with E-state index in [1.807, 2.05) is 0 Å². The van der Waals surface area contributed by atoms with E-state index < -0.39 is 0 Å². The molecule has 0 aliphatic heterocycles. The molecule has 0 saturated heterocycles. The van der Waals surface area contributed by atoms with E-state index in [2.05, 4.69) is 10.6 Å². The lowest BCUT2D eigenvalue weighted by Crippen LogP contribution is -2.34. The molecule has 0 aliphatic carbocycles. The zero-order valence-corrected chi connectivity index (χ0v) is 12.0. The Morgan fingerprint density at radius 3 is 2.40 bits per heavy atom. The molecule has 1 aromatic carbocycles. The Bertz CT molecular complexity index is 474. The van der Waals surface area contributed by atoms with Gasteiger partial charge in [-0.15, -0.1) is 0 Å². The summed E-state index contributed by atoms with van der Waals surface area (Å²) in [6, 6.07) is 5.31. The van der Waals surface area contributed by atoms with Gasteiger partial charge in [-0.3, -0.25) is 9.59 Å². The first kappa shape index (κ1) is 15.8. The van der Waals surface area contributed by atoms with E-state index in [4.69, 9.17) is 9.47 Å². The molecule has 1 aromatic rings. The minimum absolute atomic E-state index is 0.117. The molecule has 0 aliphatic rings. The van der Waals surface area contributed by atoms with Crippen molar-refractivity contribution in [1.82, 2.24) is 10.6 Å². The number of hydrogen-bond donors (Lipinski definition) is 2. The summed E-state index contributed by atoms with van der Waals surface area (Å²) in [6.45, 7) is 2.24. The van der Waals surface area contributed by atoms with E-state index in [0.29, 0.717) is 24.6 Å². The van der Waals surface area contributed by atoms with E-state index in [9.17, 15) is 9.59 Å². The maximum atomic E-state index is 11.8. The summed E-state index contributed by atoms with van der Waals surface area (Å²) in [6.07, 6.45) is 0.195. The van der Waals surface area contributed by atoms with Gasteiger partial charge in [-0.2, -0.15) is 0 Å². The van der Waals surface area contributed by atoms with Crippen LogP contribution in [0.15, 0.2) is 18.2 Å². The topological polar surface area (TPSA) is 76.7 Å². The number of hydrogen-bond acceptors (Lipinski definition) is 4. The zero-order chi connectivity index (χ0) is 15.0. The predicted octanol–water partition coefficient (Wildman–Crippen LogP) is 0.499. The van der Waals surface area contributed by atoms with E-state index >= 15 is 0 Å². The van der Waals surface area contributed by atoms with Crippen LogP contribution in [-0.4, -0.2) is 39.1 Å². The van der Waals surface area contributed by atoms with Crippen molar-refractivity contribution in [2.24, 2.45) is 0 Å². The Morgan fingerprint density at radius 2 is 1.80 bits per heavy atom. The summed E-state index contributed by atoms with van der Waals surface area (Å²) in [5, 5.41) is 5.33. The Labute approximate surface area is 118 Å². The highest BCUT2D eigenvalue weighted by Crippen LogP contribution is 2.24. The number of carbonyl (C=O) groups is 2. The highest BCUT2D eigenvalue weighted by Gasteiger charge is 2.09. The van der Waals surface area contributed by atoms with E-state index in [1.54, 1.807) is 32.4 Å². The Hall–Kier alpha value is -2.24. The monoisotopic (exact) mass is 280 g/mol. The third-order valence-corrected chi connectivity index (χ3v) is 2.66. The second-order valence-electron chi connectivity index (χ2n) is 4.19. The third kappa shape index (κ3) is 5.17. The van der Waals surface area contributed by atoms with Gasteiger partial charge in [-0.1, -0.05) is 0 Å². The number of nitrogens with one attached hydrogen (secondary N) is 2. The standard InChI is InChI=1S/C14H20N2O4/c1-10(17)15-6-7-16-14(18)9-11-8-12(19-2)4-5-13(11)20-3/h4-5,8H,6-7,9H2,1-3H3,(H,15,17)(H,16,18). The SMILES string of the molecule is COc1ccc(OC)c(CC(=O)NCCNC(C)=O)c1. The van der Waals surface area contributed by atoms with Crippen LogP contribution in [0.1, 0.15) is 12.5 Å². The minimum atomic E-state index is -0.137. The number of carbonyl (C=O) groups excluding carboxylic acids is 2. The maximum absolute atomic E-state index is 11.8. The van der Waals surface area contributed by atoms with Gasteiger partial charge in [0, 0.05) is 25.6 Å². The lowest BCUT2D eigenvalue weighted by molar-refractivity contribution is -0.121. The van der Waals surface area contributed by atoms with Crippen LogP contribution in [0.5, 0.6) is 11.5 Å². The fraction of sp³-hybridized carbons (Fsp3) is 0.429. The van der Waals surface area contributed by atoms with Gasteiger partial charge in [-0.05, 0) is 18.2 Å². The first-order chi connectivity index (χ1) is 9.56. The van der Waals surface area contributed by atoms with Gasteiger partial charge in [0.05, 0.1) is 20.6 Å². The summed E-state index contributed by atoms with van der Waals surface area (Å²) >= 11 is 0. The highest BCUT2D eigenvalue weighted by molar-refractivity contribution is 5.79. The number of ether oxygens (including phenoxy) is 2. The quantitative estimate of drug-likeness (QED) is 0.713. The lowest BCUT2D eigenvalue weighted by atomic mass is 10.1. The van der Waals surface area contributed by atoms with Gasteiger partial charge in [-0.25, -0.2) is 0 Å². The molecule has 6 nitrogen and oxygen atoms in total. The fourth-order valence-electron chi connectivity index (χ4n) is 1.70. The molecule has 0 bridgehead atoms. The van der Waals surface area contributed by atoms with Crippen molar-refractivity contribution in [3.63, 3.8) is 0 Å². The first-order valence-electron chi connectivity index (χ1n) is 6.29. The van der Waals surface area contributed by atoms with Crippen molar-refractivity contribution in [2.45, 2.75) is 13.3 Å². The molecule has 20 heavy (non-hydrogen) atoms. The second kappa shape index (κ2) is 8.04. The van der Waals surface area contributed by atoms with Crippen LogP contribution in [0.4, 0.5) is 0 Å². The molecule has 110 valence electrons. The molecule has 2 amide bonds. The highest BCUT2D eigenvalue weighted by atomic mass is 16.5. The van der Waals surface area contributed by atoms with Gasteiger partial charge in [0.1, 0.15) is 11.5 Å². The molecule has 0 radical (unpaired) electrons. The molecule has 1 rings (SSSR count). The lowest BCUT2D eigenvalue weighted by Gasteiger charge is -2.11. The molecule has 2 N–H and O–H groups in total. The number of methoxy groups -OCH3 is 2. The predicted molar refractivity (Wildman–Crippen MR) is 74.9 cm³/mol. The largest absolute Gasteiger partial charge is 0.497 e. The normalized spacial score (nSPS) is 9.75. The van der Waals surface area contributed by atoms with Gasteiger partial charge in [0.25, 0.3) is 0 Å². The maximum Gasteiger partial charge on any atom is 0.224 e.